The topological polar surface area (TPSA) is 74.0 Å². The van der Waals surface area contributed by atoms with E-state index in [1.165, 1.54) is 11.3 Å². The second-order valence-corrected chi connectivity index (χ2v) is 6.59. The molecule has 4 aromatic heterocycles. The lowest BCUT2D eigenvalue weighted by molar-refractivity contribution is 0.485. The first-order chi connectivity index (χ1) is 11.0. The van der Waals surface area contributed by atoms with Gasteiger partial charge in [-0.15, -0.1) is 15.3 Å². The molecular weight excluding hydrogens is 336 g/mol. The third-order valence-electron chi connectivity index (χ3n) is 3.62. The zero-order valence-corrected chi connectivity index (χ0v) is 14.3. The summed E-state index contributed by atoms with van der Waals surface area (Å²) in [5.41, 5.74) is 1.75. The second-order valence-electron chi connectivity index (χ2n) is 5.26. The van der Waals surface area contributed by atoms with Crippen molar-refractivity contribution in [3.8, 4) is 10.8 Å². The SMILES string of the molecule is Cc1nn(Cc2ccc(-c3nn4c(C)nnc4s3)o2)c(C)c1Cl. The molecule has 4 aromatic rings. The van der Waals surface area contributed by atoms with Crippen LogP contribution in [0.3, 0.4) is 0 Å². The highest BCUT2D eigenvalue weighted by atomic mass is 35.5. The van der Waals surface area contributed by atoms with Gasteiger partial charge in [0.05, 0.1) is 23.0 Å². The Kier molecular flexibility index (Phi) is 3.24. The summed E-state index contributed by atoms with van der Waals surface area (Å²) >= 11 is 7.62. The van der Waals surface area contributed by atoms with Crippen molar-refractivity contribution in [2.24, 2.45) is 0 Å². The van der Waals surface area contributed by atoms with Crippen molar-refractivity contribution in [3.63, 3.8) is 0 Å². The number of halogens is 1. The number of hydrogen-bond acceptors (Lipinski definition) is 6. The van der Waals surface area contributed by atoms with Gasteiger partial charge >= 0.3 is 0 Å². The number of fused-ring (bicyclic) bond motifs is 1. The fraction of sp³-hybridized carbons (Fsp3) is 0.286. The summed E-state index contributed by atoms with van der Waals surface area (Å²) in [4.78, 5) is 0.751. The number of aryl methyl sites for hydroxylation is 2. The quantitative estimate of drug-likeness (QED) is 0.568. The van der Waals surface area contributed by atoms with E-state index in [0.29, 0.717) is 17.3 Å². The monoisotopic (exact) mass is 348 g/mol. The predicted octanol–water partition coefficient (Wildman–Crippen LogP) is 3.27. The Hall–Kier alpha value is -2.19. The average Bonchev–Trinajstić information content (AvgIpc) is 3.25. The van der Waals surface area contributed by atoms with E-state index in [0.717, 1.165) is 32.9 Å². The Morgan fingerprint density at radius 1 is 1.17 bits per heavy atom. The molecule has 0 bridgehead atoms. The summed E-state index contributed by atoms with van der Waals surface area (Å²) in [6.07, 6.45) is 0. The van der Waals surface area contributed by atoms with E-state index in [9.17, 15) is 0 Å². The molecule has 0 aliphatic carbocycles. The van der Waals surface area contributed by atoms with Gasteiger partial charge in [0.15, 0.2) is 16.6 Å². The van der Waals surface area contributed by atoms with Crippen LogP contribution in [0.2, 0.25) is 5.02 Å². The molecule has 0 N–H and O–H groups in total. The molecular formula is C14H13ClN6OS. The Morgan fingerprint density at radius 3 is 2.70 bits per heavy atom. The minimum Gasteiger partial charge on any atom is -0.457 e. The van der Waals surface area contributed by atoms with Crippen molar-refractivity contribution in [3.05, 3.63) is 40.1 Å². The van der Waals surface area contributed by atoms with Gasteiger partial charge in [-0.25, -0.2) is 0 Å². The predicted molar refractivity (Wildman–Crippen MR) is 86.9 cm³/mol. The van der Waals surface area contributed by atoms with E-state index in [4.69, 9.17) is 16.0 Å². The van der Waals surface area contributed by atoms with Crippen molar-refractivity contribution in [1.29, 1.82) is 0 Å². The summed E-state index contributed by atoms with van der Waals surface area (Å²) in [6, 6.07) is 3.83. The van der Waals surface area contributed by atoms with Gasteiger partial charge in [-0.05, 0) is 32.9 Å². The molecule has 7 nitrogen and oxygen atoms in total. The summed E-state index contributed by atoms with van der Waals surface area (Å²) in [7, 11) is 0. The smallest absolute Gasteiger partial charge is 0.235 e. The van der Waals surface area contributed by atoms with Gasteiger partial charge in [-0.2, -0.15) is 9.61 Å². The van der Waals surface area contributed by atoms with E-state index in [2.05, 4.69) is 20.4 Å². The molecule has 0 aromatic carbocycles. The Bertz CT molecular complexity index is 1010. The van der Waals surface area contributed by atoms with E-state index < -0.39 is 0 Å². The highest BCUT2D eigenvalue weighted by Gasteiger charge is 2.15. The minimum absolute atomic E-state index is 0.530. The zero-order valence-electron chi connectivity index (χ0n) is 12.7. The molecule has 4 rings (SSSR count). The fourth-order valence-corrected chi connectivity index (χ4v) is 3.35. The molecule has 0 amide bonds. The average molecular weight is 349 g/mol. The van der Waals surface area contributed by atoms with Crippen molar-refractivity contribution in [1.82, 2.24) is 29.6 Å². The Labute approximate surface area is 140 Å². The number of aromatic nitrogens is 6. The van der Waals surface area contributed by atoms with Gasteiger partial charge in [0.2, 0.25) is 4.96 Å². The first-order valence-electron chi connectivity index (χ1n) is 7.00. The van der Waals surface area contributed by atoms with Crippen LogP contribution in [0.1, 0.15) is 23.0 Å². The number of hydrogen-bond donors (Lipinski definition) is 0. The second kappa shape index (κ2) is 5.17. The molecule has 0 radical (unpaired) electrons. The Morgan fingerprint density at radius 2 is 2.00 bits per heavy atom. The summed E-state index contributed by atoms with van der Waals surface area (Å²) in [5, 5.41) is 18.4. The lowest BCUT2D eigenvalue weighted by Crippen LogP contribution is -2.02. The number of nitrogens with zero attached hydrogens (tertiary/aromatic N) is 6. The van der Waals surface area contributed by atoms with Gasteiger partial charge in [0.25, 0.3) is 0 Å². The number of furan rings is 1. The fourth-order valence-electron chi connectivity index (χ4n) is 2.37. The van der Waals surface area contributed by atoms with Crippen molar-refractivity contribution < 1.29 is 4.42 Å². The van der Waals surface area contributed by atoms with E-state index in [1.807, 2.05) is 37.6 Å². The molecule has 118 valence electrons. The summed E-state index contributed by atoms with van der Waals surface area (Å²) in [5.74, 6) is 2.26. The molecule has 0 aliphatic heterocycles. The third-order valence-corrected chi connectivity index (χ3v) is 5.08. The van der Waals surface area contributed by atoms with Crippen molar-refractivity contribution in [2.75, 3.05) is 0 Å². The van der Waals surface area contributed by atoms with Gasteiger partial charge in [-0.3, -0.25) is 4.68 Å². The van der Waals surface area contributed by atoms with Crippen LogP contribution in [0.4, 0.5) is 0 Å². The molecule has 0 aliphatic rings. The lowest BCUT2D eigenvalue weighted by atomic mass is 10.4. The van der Waals surface area contributed by atoms with Crippen LogP contribution in [0.5, 0.6) is 0 Å². The van der Waals surface area contributed by atoms with Crippen LogP contribution in [0, 0.1) is 20.8 Å². The van der Waals surface area contributed by atoms with Gasteiger partial charge < -0.3 is 4.42 Å². The molecule has 0 unspecified atom stereocenters. The largest absolute Gasteiger partial charge is 0.457 e. The van der Waals surface area contributed by atoms with E-state index >= 15 is 0 Å². The third kappa shape index (κ3) is 2.34. The van der Waals surface area contributed by atoms with Crippen molar-refractivity contribution in [2.45, 2.75) is 27.3 Å². The first kappa shape index (κ1) is 14.4. The van der Waals surface area contributed by atoms with Crippen LogP contribution in [-0.4, -0.2) is 29.6 Å². The Balaban J connectivity index is 1.64. The highest BCUT2D eigenvalue weighted by molar-refractivity contribution is 7.19. The van der Waals surface area contributed by atoms with Crippen LogP contribution >= 0.6 is 22.9 Å². The molecule has 0 spiro atoms. The highest BCUT2D eigenvalue weighted by Crippen LogP contribution is 2.28. The van der Waals surface area contributed by atoms with E-state index in [1.54, 1.807) is 4.52 Å². The van der Waals surface area contributed by atoms with Gasteiger partial charge in [-0.1, -0.05) is 22.9 Å². The van der Waals surface area contributed by atoms with Crippen LogP contribution < -0.4 is 0 Å². The van der Waals surface area contributed by atoms with Gasteiger partial charge in [0, 0.05) is 0 Å². The maximum atomic E-state index is 6.18. The molecule has 4 heterocycles. The van der Waals surface area contributed by atoms with Crippen LogP contribution in [0.25, 0.3) is 15.7 Å². The molecule has 0 saturated heterocycles. The lowest BCUT2D eigenvalue weighted by Gasteiger charge is -2.01. The minimum atomic E-state index is 0.530. The summed E-state index contributed by atoms with van der Waals surface area (Å²) < 4.78 is 9.45. The molecule has 0 saturated carbocycles. The van der Waals surface area contributed by atoms with Gasteiger partial charge in [0.1, 0.15) is 5.76 Å². The first-order valence-corrected chi connectivity index (χ1v) is 8.20. The summed E-state index contributed by atoms with van der Waals surface area (Å²) in [6.45, 7) is 6.23. The molecule has 0 fully saturated rings. The maximum Gasteiger partial charge on any atom is 0.235 e. The standard InChI is InChI=1S/C14H13ClN6OS/c1-7-12(15)8(2)20(18-7)6-10-4-5-11(22-10)13-19-21-9(3)16-17-14(21)23-13/h4-5H,6H2,1-3H3. The van der Waals surface area contributed by atoms with Crippen LogP contribution in [0.15, 0.2) is 16.5 Å². The normalized spacial score (nSPS) is 11.7. The van der Waals surface area contributed by atoms with Crippen LogP contribution in [-0.2, 0) is 6.54 Å². The number of rotatable bonds is 3. The van der Waals surface area contributed by atoms with E-state index in [-0.39, 0.29) is 0 Å². The molecule has 23 heavy (non-hydrogen) atoms. The molecule has 0 atom stereocenters. The zero-order chi connectivity index (χ0) is 16.1. The van der Waals surface area contributed by atoms with Crippen molar-refractivity contribution >= 4 is 27.9 Å². The molecule has 9 heteroatoms. The maximum absolute atomic E-state index is 6.18.